The molecule has 0 spiro atoms. The number of anilines is 1. The van der Waals surface area contributed by atoms with Gasteiger partial charge >= 0.3 is 0 Å². The van der Waals surface area contributed by atoms with E-state index in [4.69, 9.17) is 11.6 Å². The topological polar surface area (TPSA) is 57.2 Å². The standard InChI is InChI=1S/C13H21ClN6/c1-15-10-2-5-20(8-10)11-3-6-19(7-4-11)13-17-9-16-12(14)18-13/h9-11,15H,2-8H2,1H3. The molecule has 2 fully saturated rings. The van der Waals surface area contributed by atoms with Crippen molar-refractivity contribution >= 4 is 17.5 Å². The van der Waals surface area contributed by atoms with Gasteiger partial charge in [0.25, 0.3) is 0 Å². The van der Waals surface area contributed by atoms with Gasteiger partial charge in [-0.05, 0) is 37.9 Å². The second-order valence-electron chi connectivity index (χ2n) is 5.54. The van der Waals surface area contributed by atoms with E-state index in [0.29, 0.717) is 18.0 Å². The molecule has 1 unspecified atom stereocenters. The molecule has 0 saturated carbocycles. The molecule has 7 heteroatoms. The molecule has 1 aromatic heterocycles. The van der Waals surface area contributed by atoms with Crippen molar-refractivity contribution in [1.29, 1.82) is 0 Å². The van der Waals surface area contributed by atoms with E-state index in [9.17, 15) is 0 Å². The molecule has 2 aliphatic rings. The van der Waals surface area contributed by atoms with Crippen LogP contribution < -0.4 is 10.2 Å². The van der Waals surface area contributed by atoms with Crippen LogP contribution in [-0.4, -0.2) is 65.2 Å². The average molecular weight is 297 g/mol. The van der Waals surface area contributed by atoms with Crippen LogP contribution in [0.15, 0.2) is 6.33 Å². The first-order chi connectivity index (χ1) is 9.76. The van der Waals surface area contributed by atoms with E-state index < -0.39 is 0 Å². The van der Waals surface area contributed by atoms with Gasteiger partial charge in [0.2, 0.25) is 11.2 Å². The first kappa shape index (κ1) is 14.0. The molecular weight excluding hydrogens is 276 g/mol. The van der Waals surface area contributed by atoms with Crippen LogP contribution in [0.3, 0.4) is 0 Å². The van der Waals surface area contributed by atoms with Gasteiger partial charge in [0.05, 0.1) is 0 Å². The maximum atomic E-state index is 5.82. The lowest BCUT2D eigenvalue weighted by molar-refractivity contribution is 0.203. The summed E-state index contributed by atoms with van der Waals surface area (Å²) >= 11 is 5.82. The predicted molar refractivity (Wildman–Crippen MR) is 79.1 cm³/mol. The lowest BCUT2D eigenvalue weighted by Gasteiger charge is -2.36. The van der Waals surface area contributed by atoms with Crippen molar-refractivity contribution in [3.8, 4) is 0 Å². The van der Waals surface area contributed by atoms with Crippen LogP contribution >= 0.6 is 11.6 Å². The molecule has 3 rings (SSSR count). The second kappa shape index (κ2) is 6.20. The van der Waals surface area contributed by atoms with Crippen molar-refractivity contribution in [2.24, 2.45) is 0 Å². The molecule has 1 atom stereocenters. The van der Waals surface area contributed by atoms with Gasteiger partial charge in [-0.15, -0.1) is 0 Å². The monoisotopic (exact) mass is 296 g/mol. The van der Waals surface area contributed by atoms with E-state index in [1.165, 1.54) is 38.7 Å². The van der Waals surface area contributed by atoms with Gasteiger partial charge < -0.3 is 10.2 Å². The quantitative estimate of drug-likeness (QED) is 0.890. The largest absolute Gasteiger partial charge is 0.341 e. The predicted octanol–water partition coefficient (Wildman–Crippen LogP) is 0.788. The summed E-state index contributed by atoms with van der Waals surface area (Å²) in [4.78, 5) is 17.1. The smallest absolute Gasteiger partial charge is 0.229 e. The van der Waals surface area contributed by atoms with E-state index in [-0.39, 0.29) is 5.28 Å². The summed E-state index contributed by atoms with van der Waals surface area (Å²) < 4.78 is 0. The van der Waals surface area contributed by atoms with E-state index >= 15 is 0 Å². The molecule has 1 aromatic rings. The molecule has 2 saturated heterocycles. The first-order valence-electron chi connectivity index (χ1n) is 7.27. The van der Waals surface area contributed by atoms with Gasteiger partial charge in [-0.3, -0.25) is 4.90 Å². The Hall–Kier alpha value is -0.980. The lowest BCUT2D eigenvalue weighted by Crippen LogP contribution is -2.45. The minimum Gasteiger partial charge on any atom is -0.341 e. The molecule has 6 nitrogen and oxygen atoms in total. The first-order valence-corrected chi connectivity index (χ1v) is 7.65. The average Bonchev–Trinajstić information content (AvgIpc) is 2.96. The van der Waals surface area contributed by atoms with Crippen molar-refractivity contribution in [1.82, 2.24) is 25.2 Å². The number of likely N-dealkylation sites (tertiary alicyclic amines) is 1. The Kier molecular flexibility index (Phi) is 4.33. The SMILES string of the molecule is CNC1CCN(C2CCN(c3ncnc(Cl)n3)CC2)C1. The molecule has 0 radical (unpaired) electrons. The van der Waals surface area contributed by atoms with Crippen LogP contribution in [0.1, 0.15) is 19.3 Å². The zero-order valence-corrected chi connectivity index (χ0v) is 12.6. The summed E-state index contributed by atoms with van der Waals surface area (Å²) in [5, 5.41) is 3.65. The zero-order valence-electron chi connectivity index (χ0n) is 11.8. The van der Waals surface area contributed by atoms with Gasteiger partial charge in [-0.1, -0.05) is 0 Å². The third-order valence-electron chi connectivity index (χ3n) is 4.42. The van der Waals surface area contributed by atoms with E-state index in [0.717, 1.165) is 13.1 Å². The fourth-order valence-corrected chi connectivity index (χ4v) is 3.33. The molecule has 1 N–H and O–H groups in total. The number of rotatable bonds is 3. The highest BCUT2D eigenvalue weighted by molar-refractivity contribution is 6.28. The minimum atomic E-state index is 0.272. The molecule has 2 aliphatic heterocycles. The molecule has 20 heavy (non-hydrogen) atoms. The Bertz CT molecular complexity index is 448. The van der Waals surface area contributed by atoms with Gasteiger partial charge in [0.1, 0.15) is 6.33 Å². The molecule has 0 aromatic carbocycles. The fraction of sp³-hybridized carbons (Fsp3) is 0.769. The highest BCUT2D eigenvalue weighted by atomic mass is 35.5. The van der Waals surface area contributed by atoms with Gasteiger partial charge in [0.15, 0.2) is 0 Å². The third kappa shape index (κ3) is 3.02. The summed E-state index contributed by atoms with van der Waals surface area (Å²) in [5.41, 5.74) is 0. The van der Waals surface area contributed by atoms with Crippen molar-refractivity contribution in [3.63, 3.8) is 0 Å². The van der Waals surface area contributed by atoms with Crippen LogP contribution in [-0.2, 0) is 0 Å². The summed E-state index contributed by atoms with van der Waals surface area (Å²) in [7, 11) is 2.06. The highest BCUT2D eigenvalue weighted by Crippen LogP contribution is 2.23. The highest BCUT2D eigenvalue weighted by Gasteiger charge is 2.30. The van der Waals surface area contributed by atoms with Crippen molar-refractivity contribution in [3.05, 3.63) is 11.6 Å². The maximum absolute atomic E-state index is 5.82. The Morgan fingerprint density at radius 2 is 2.00 bits per heavy atom. The van der Waals surface area contributed by atoms with E-state index in [1.807, 2.05) is 0 Å². The summed E-state index contributed by atoms with van der Waals surface area (Å²) in [6.07, 6.45) is 5.08. The van der Waals surface area contributed by atoms with E-state index in [2.05, 4.69) is 37.1 Å². The molecule has 0 bridgehead atoms. The molecule has 110 valence electrons. The zero-order chi connectivity index (χ0) is 13.9. The number of hydrogen-bond donors (Lipinski definition) is 1. The van der Waals surface area contributed by atoms with Gasteiger partial charge in [0, 0.05) is 38.3 Å². The molecule has 3 heterocycles. The van der Waals surface area contributed by atoms with Gasteiger partial charge in [-0.2, -0.15) is 4.98 Å². The summed E-state index contributed by atoms with van der Waals surface area (Å²) in [6, 6.07) is 1.36. The fourth-order valence-electron chi connectivity index (χ4n) is 3.21. The number of piperidine rings is 1. The number of nitrogens with one attached hydrogen (secondary N) is 1. The van der Waals surface area contributed by atoms with Crippen molar-refractivity contribution in [2.75, 3.05) is 38.1 Å². The minimum absolute atomic E-state index is 0.272. The summed E-state index contributed by atoms with van der Waals surface area (Å²) in [6.45, 7) is 4.38. The molecular formula is C13H21ClN6. The Balaban J connectivity index is 1.55. The Morgan fingerprint density at radius 3 is 2.65 bits per heavy atom. The third-order valence-corrected chi connectivity index (χ3v) is 4.60. The van der Waals surface area contributed by atoms with Crippen LogP contribution in [0.25, 0.3) is 0 Å². The van der Waals surface area contributed by atoms with Crippen molar-refractivity contribution in [2.45, 2.75) is 31.3 Å². The number of halogens is 1. The van der Waals surface area contributed by atoms with Gasteiger partial charge in [-0.25, -0.2) is 9.97 Å². The Labute approximate surface area is 124 Å². The number of likely N-dealkylation sites (N-methyl/N-ethyl adjacent to an activating group) is 1. The van der Waals surface area contributed by atoms with Crippen LogP contribution in [0, 0.1) is 0 Å². The molecule has 0 amide bonds. The molecule has 0 aliphatic carbocycles. The van der Waals surface area contributed by atoms with Crippen LogP contribution in [0.2, 0.25) is 5.28 Å². The van der Waals surface area contributed by atoms with E-state index in [1.54, 1.807) is 0 Å². The number of hydrogen-bond acceptors (Lipinski definition) is 6. The van der Waals surface area contributed by atoms with Crippen LogP contribution in [0.5, 0.6) is 0 Å². The Morgan fingerprint density at radius 1 is 1.20 bits per heavy atom. The number of nitrogens with zero attached hydrogens (tertiary/aromatic N) is 5. The van der Waals surface area contributed by atoms with Crippen molar-refractivity contribution < 1.29 is 0 Å². The lowest BCUT2D eigenvalue weighted by atomic mass is 10.0. The van der Waals surface area contributed by atoms with Crippen LogP contribution in [0.4, 0.5) is 5.95 Å². The normalized spacial score (nSPS) is 25.3. The maximum Gasteiger partial charge on any atom is 0.229 e. The number of aromatic nitrogens is 3. The second-order valence-corrected chi connectivity index (χ2v) is 5.88. The summed E-state index contributed by atoms with van der Waals surface area (Å²) in [5.74, 6) is 0.706.